The number of rotatable bonds is 7. The van der Waals surface area contributed by atoms with Crippen LogP contribution in [0.15, 0.2) is 36.5 Å². The van der Waals surface area contributed by atoms with Gasteiger partial charge in [-0.05, 0) is 50.7 Å². The Kier molecular flexibility index (Phi) is 7.79. The largest absolute Gasteiger partial charge is 0.465 e. The molecule has 4 N–H and O–H groups in total. The fourth-order valence-corrected chi connectivity index (χ4v) is 5.25. The zero-order valence-corrected chi connectivity index (χ0v) is 22.2. The van der Waals surface area contributed by atoms with E-state index < -0.39 is 18.0 Å². The number of likely N-dealkylation sites (N-methyl/N-ethyl adjacent to an activating group) is 1. The highest BCUT2D eigenvalue weighted by Gasteiger charge is 2.33. The summed E-state index contributed by atoms with van der Waals surface area (Å²) in [4.78, 5) is 43.8. The molecule has 0 spiro atoms. The van der Waals surface area contributed by atoms with Gasteiger partial charge >= 0.3 is 12.1 Å². The van der Waals surface area contributed by atoms with Crippen LogP contribution in [0.25, 0.3) is 10.9 Å². The lowest BCUT2D eigenvalue weighted by Gasteiger charge is -2.40. The van der Waals surface area contributed by atoms with Gasteiger partial charge in [-0.1, -0.05) is 6.07 Å². The van der Waals surface area contributed by atoms with Crippen LogP contribution in [-0.2, 0) is 0 Å². The van der Waals surface area contributed by atoms with E-state index in [0.29, 0.717) is 12.3 Å². The number of hydrogen-bond donors (Lipinski definition) is 3. The van der Waals surface area contributed by atoms with Gasteiger partial charge in [0.1, 0.15) is 12.3 Å². The third kappa shape index (κ3) is 5.52. The molecule has 208 valence electrons. The number of hydrogen-bond acceptors (Lipinski definition) is 10. The summed E-state index contributed by atoms with van der Waals surface area (Å²) in [5.74, 6) is -0.277. The minimum absolute atomic E-state index is 0.00623. The van der Waals surface area contributed by atoms with Gasteiger partial charge in [-0.2, -0.15) is 15.2 Å². The molecule has 0 saturated carbocycles. The highest BCUT2D eigenvalue weighted by molar-refractivity contribution is 6.11. The molecule has 4 heterocycles. The molecule has 2 fully saturated rings. The first-order valence-electron chi connectivity index (χ1n) is 13.1. The highest BCUT2D eigenvalue weighted by Crippen LogP contribution is 2.30. The van der Waals surface area contributed by atoms with Crippen LogP contribution in [0.3, 0.4) is 0 Å². The fourth-order valence-electron chi connectivity index (χ4n) is 5.25. The second-order valence-corrected chi connectivity index (χ2v) is 9.95. The van der Waals surface area contributed by atoms with Crippen molar-refractivity contribution >= 4 is 40.1 Å². The highest BCUT2D eigenvalue weighted by atomic mass is 16.5. The molecule has 2 aliphatic rings. The number of anilines is 3. The lowest BCUT2D eigenvalue weighted by molar-refractivity contribution is 0.102. The molecule has 2 aromatic heterocycles. The number of carbonyl (C=O) groups excluding carboxylic acids is 1. The number of carbonyl (C=O) groups is 2. The SMILES string of the molecule is CN1CCCC1COc1nc(C(=O)Nc2cccc3ncccc23)c(N)c(N2CCN(C(=O)O)C(CC#N)C2)n1. The number of benzene rings is 1. The van der Waals surface area contributed by atoms with E-state index >= 15 is 0 Å². The minimum atomic E-state index is -1.09. The van der Waals surface area contributed by atoms with E-state index in [2.05, 4.69) is 31.2 Å². The van der Waals surface area contributed by atoms with Crippen molar-refractivity contribution in [3.63, 3.8) is 0 Å². The van der Waals surface area contributed by atoms with Gasteiger partial charge in [0.15, 0.2) is 11.5 Å². The van der Waals surface area contributed by atoms with Crippen LogP contribution in [0.5, 0.6) is 6.01 Å². The number of amides is 2. The van der Waals surface area contributed by atoms with Gasteiger partial charge in [0.05, 0.1) is 29.7 Å². The molecule has 2 unspecified atom stereocenters. The van der Waals surface area contributed by atoms with Crippen molar-refractivity contribution in [3.05, 3.63) is 42.2 Å². The van der Waals surface area contributed by atoms with E-state index in [1.54, 1.807) is 29.3 Å². The molecule has 2 saturated heterocycles. The second-order valence-electron chi connectivity index (χ2n) is 9.95. The van der Waals surface area contributed by atoms with Gasteiger partial charge < -0.3 is 35.6 Å². The van der Waals surface area contributed by atoms with Crippen LogP contribution in [0.2, 0.25) is 0 Å². The van der Waals surface area contributed by atoms with Crippen molar-refractivity contribution in [1.82, 2.24) is 24.8 Å². The molecule has 13 nitrogen and oxygen atoms in total. The summed E-state index contributed by atoms with van der Waals surface area (Å²) in [6.07, 6.45) is 2.64. The van der Waals surface area contributed by atoms with E-state index in [9.17, 15) is 20.0 Å². The zero-order valence-electron chi connectivity index (χ0n) is 22.2. The zero-order chi connectivity index (χ0) is 28.2. The Balaban J connectivity index is 1.47. The van der Waals surface area contributed by atoms with Crippen molar-refractivity contribution in [3.8, 4) is 12.1 Å². The number of nitrogens with zero attached hydrogens (tertiary/aromatic N) is 7. The summed E-state index contributed by atoms with van der Waals surface area (Å²) in [6.45, 7) is 1.93. The number of nitrogens with one attached hydrogen (secondary N) is 1. The van der Waals surface area contributed by atoms with E-state index in [1.807, 2.05) is 19.2 Å². The summed E-state index contributed by atoms with van der Waals surface area (Å²) in [5, 5.41) is 22.5. The third-order valence-corrected chi connectivity index (χ3v) is 7.45. The Bertz CT molecular complexity index is 1450. The summed E-state index contributed by atoms with van der Waals surface area (Å²) in [6, 6.07) is 10.7. The molecule has 13 heteroatoms. The Labute approximate surface area is 231 Å². The van der Waals surface area contributed by atoms with Crippen molar-refractivity contribution in [2.45, 2.75) is 31.3 Å². The number of aromatic nitrogens is 3. The Hall–Kier alpha value is -4.70. The Morgan fingerprint density at radius 3 is 2.80 bits per heavy atom. The van der Waals surface area contributed by atoms with Gasteiger partial charge in [0.25, 0.3) is 5.91 Å². The van der Waals surface area contributed by atoms with E-state index in [4.69, 9.17) is 10.5 Å². The molecule has 0 radical (unpaired) electrons. The number of pyridine rings is 1. The molecular weight excluding hydrogens is 514 g/mol. The maximum Gasteiger partial charge on any atom is 0.407 e. The fraction of sp³-hybridized carbons (Fsp3) is 0.407. The summed E-state index contributed by atoms with van der Waals surface area (Å²) in [5.41, 5.74) is 7.76. The van der Waals surface area contributed by atoms with E-state index in [-0.39, 0.29) is 55.3 Å². The number of ether oxygens (including phenoxy) is 1. The predicted molar refractivity (Wildman–Crippen MR) is 148 cm³/mol. The molecule has 2 aliphatic heterocycles. The van der Waals surface area contributed by atoms with Crippen molar-refractivity contribution < 1.29 is 19.4 Å². The summed E-state index contributed by atoms with van der Waals surface area (Å²) >= 11 is 0. The topological polar surface area (TPSA) is 174 Å². The number of piperazine rings is 1. The number of nitrogen functional groups attached to an aromatic ring is 1. The smallest absolute Gasteiger partial charge is 0.407 e. The first-order valence-corrected chi connectivity index (χ1v) is 13.1. The van der Waals surface area contributed by atoms with E-state index in [0.717, 1.165) is 30.3 Å². The number of likely N-dealkylation sites (tertiary alicyclic amines) is 1. The van der Waals surface area contributed by atoms with Crippen LogP contribution >= 0.6 is 0 Å². The predicted octanol–water partition coefficient (Wildman–Crippen LogP) is 2.41. The third-order valence-electron chi connectivity index (χ3n) is 7.45. The molecule has 3 aromatic rings. The van der Waals surface area contributed by atoms with Crippen LogP contribution in [0.4, 0.5) is 22.0 Å². The molecule has 2 amide bonds. The summed E-state index contributed by atoms with van der Waals surface area (Å²) in [7, 11) is 2.03. The molecular formula is C27H31N9O4. The number of fused-ring (bicyclic) bond motifs is 1. The number of nitriles is 1. The van der Waals surface area contributed by atoms with Gasteiger partial charge in [0.2, 0.25) is 0 Å². The number of carboxylic acid groups (broad SMARTS) is 1. The van der Waals surface area contributed by atoms with Crippen molar-refractivity contribution in [2.75, 3.05) is 55.8 Å². The lowest BCUT2D eigenvalue weighted by atomic mass is 10.1. The second kappa shape index (κ2) is 11.6. The maximum absolute atomic E-state index is 13.6. The monoisotopic (exact) mass is 545 g/mol. The van der Waals surface area contributed by atoms with Gasteiger partial charge in [0, 0.05) is 37.3 Å². The standard InChI is InChI=1S/C27H31N9O4/c1-34-12-4-5-18(34)16-40-26-32-23(25(37)31-21-8-2-7-20-19(21)6-3-11-30-20)22(29)24(33-26)35-13-14-36(27(38)39)17(15-35)9-10-28/h2-3,6-8,11,17-18H,4-5,9,12-16,29H2,1H3,(H,31,37)(H,38,39). The van der Waals surface area contributed by atoms with Crippen LogP contribution < -0.4 is 20.7 Å². The average Bonchev–Trinajstić information content (AvgIpc) is 3.37. The molecule has 40 heavy (non-hydrogen) atoms. The van der Waals surface area contributed by atoms with Crippen molar-refractivity contribution in [2.24, 2.45) is 0 Å². The number of nitrogens with two attached hydrogens (primary N) is 1. The van der Waals surface area contributed by atoms with Crippen LogP contribution in [0.1, 0.15) is 29.8 Å². The maximum atomic E-state index is 13.6. The molecule has 2 atom stereocenters. The normalized spacial score (nSPS) is 19.4. The van der Waals surface area contributed by atoms with Crippen molar-refractivity contribution in [1.29, 1.82) is 5.26 Å². The average molecular weight is 546 g/mol. The quantitative estimate of drug-likeness (QED) is 0.398. The van der Waals surface area contributed by atoms with Gasteiger partial charge in [-0.25, -0.2) is 4.79 Å². The van der Waals surface area contributed by atoms with Gasteiger partial charge in [-0.15, -0.1) is 0 Å². The van der Waals surface area contributed by atoms with Gasteiger partial charge in [-0.3, -0.25) is 9.78 Å². The van der Waals surface area contributed by atoms with Crippen LogP contribution in [-0.4, -0.2) is 93.8 Å². The molecule has 5 rings (SSSR count). The Morgan fingerprint density at radius 1 is 1.20 bits per heavy atom. The van der Waals surface area contributed by atoms with E-state index in [1.165, 1.54) is 4.90 Å². The Morgan fingerprint density at radius 2 is 2.05 bits per heavy atom. The molecule has 0 aliphatic carbocycles. The molecule has 0 bridgehead atoms. The van der Waals surface area contributed by atoms with Crippen LogP contribution in [0, 0.1) is 11.3 Å². The first-order chi connectivity index (χ1) is 19.4. The summed E-state index contributed by atoms with van der Waals surface area (Å²) < 4.78 is 6.00. The minimum Gasteiger partial charge on any atom is -0.465 e. The molecule has 1 aromatic carbocycles. The lowest BCUT2D eigenvalue weighted by Crippen LogP contribution is -2.55. The first kappa shape index (κ1) is 26.9.